The van der Waals surface area contributed by atoms with E-state index >= 15 is 0 Å². The lowest BCUT2D eigenvalue weighted by Gasteiger charge is -2.12. The van der Waals surface area contributed by atoms with Crippen LogP contribution in [0.4, 0.5) is 8.78 Å². The van der Waals surface area contributed by atoms with E-state index < -0.39 is 11.6 Å². The van der Waals surface area contributed by atoms with Crippen LogP contribution >= 0.6 is 24.0 Å². The molecule has 8 heteroatoms. The Hall–Kier alpha value is -1.71. The lowest BCUT2D eigenvalue weighted by Crippen LogP contribution is -2.39. The first-order chi connectivity index (χ1) is 12.0. The van der Waals surface area contributed by atoms with Crippen molar-refractivity contribution in [3.63, 3.8) is 0 Å². The summed E-state index contributed by atoms with van der Waals surface area (Å²) in [5.41, 5.74) is 2.53. The van der Waals surface area contributed by atoms with Crippen LogP contribution in [0.5, 0.6) is 0 Å². The standard InChI is InChI=1S/C18H25F2N5.HI/c1-13-11-14(2)25(24-13)10-4-8-22-18(21-3)23-9-7-15-12-16(19)5-6-17(15)20;/h5-6,11-12H,4,7-10H2,1-3H3,(H2,21,22,23);1H. The summed E-state index contributed by atoms with van der Waals surface area (Å²) in [6.45, 7) is 6.07. The Morgan fingerprint density at radius 3 is 2.54 bits per heavy atom. The molecule has 1 heterocycles. The van der Waals surface area contributed by atoms with E-state index in [2.05, 4.69) is 26.8 Å². The number of nitrogens with one attached hydrogen (secondary N) is 2. The number of nitrogens with zero attached hydrogens (tertiary/aromatic N) is 3. The maximum Gasteiger partial charge on any atom is 0.190 e. The Kier molecular flexibility index (Phi) is 9.53. The number of hydrogen-bond donors (Lipinski definition) is 2. The number of guanidine groups is 1. The van der Waals surface area contributed by atoms with Crippen LogP contribution in [0.2, 0.25) is 0 Å². The van der Waals surface area contributed by atoms with E-state index in [9.17, 15) is 8.78 Å². The van der Waals surface area contributed by atoms with Gasteiger partial charge in [0.1, 0.15) is 11.6 Å². The average Bonchev–Trinajstić information content (AvgIpc) is 2.90. The highest BCUT2D eigenvalue weighted by molar-refractivity contribution is 14.0. The second kappa shape index (κ2) is 11.1. The smallest absolute Gasteiger partial charge is 0.190 e. The Morgan fingerprint density at radius 2 is 1.88 bits per heavy atom. The molecule has 0 aliphatic heterocycles. The normalized spacial score (nSPS) is 11.2. The molecule has 0 atom stereocenters. The van der Waals surface area contributed by atoms with Crippen LogP contribution in [-0.2, 0) is 13.0 Å². The summed E-state index contributed by atoms with van der Waals surface area (Å²) in [5, 5.41) is 10.7. The minimum Gasteiger partial charge on any atom is -0.356 e. The monoisotopic (exact) mass is 477 g/mol. The highest BCUT2D eigenvalue weighted by Gasteiger charge is 2.05. The van der Waals surface area contributed by atoms with Gasteiger partial charge in [0.2, 0.25) is 0 Å². The van der Waals surface area contributed by atoms with Gasteiger partial charge in [-0.1, -0.05) is 0 Å². The Balaban J connectivity index is 0.00000338. The topological polar surface area (TPSA) is 54.2 Å². The van der Waals surface area contributed by atoms with Crippen molar-refractivity contribution in [2.45, 2.75) is 33.2 Å². The SMILES string of the molecule is CN=C(NCCCn1nc(C)cc1C)NCCc1cc(F)ccc1F.I. The third-order valence-electron chi connectivity index (χ3n) is 3.86. The van der Waals surface area contributed by atoms with Crippen molar-refractivity contribution in [3.8, 4) is 0 Å². The molecule has 0 amide bonds. The van der Waals surface area contributed by atoms with E-state index in [-0.39, 0.29) is 24.0 Å². The zero-order valence-electron chi connectivity index (χ0n) is 15.4. The van der Waals surface area contributed by atoms with Crippen molar-refractivity contribution in [1.82, 2.24) is 20.4 Å². The molecule has 2 N–H and O–H groups in total. The van der Waals surface area contributed by atoms with E-state index in [0.717, 1.165) is 43.0 Å². The molecule has 0 spiro atoms. The second-order valence-electron chi connectivity index (χ2n) is 5.92. The minimum absolute atomic E-state index is 0. The molecule has 2 aromatic rings. The van der Waals surface area contributed by atoms with Crippen molar-refractivity contribution < 1.29 is 8.78 Å². The maximum atomic E-state index is 13.6. The van der Waals surface area contributed by atoms with Gasteiger partial charge < -0.3 is 10.6 Å². The van der Waals surface area contributed by atoms with Crippen molar-refractivity contribution >= 4 is 29.9 Å². The molecular formula is C18H26F2IN5. The summed E-state index contributed by atoms with van der Waals surface area (Å²) in [7, 11) is 1.68. The first kappa shape index (κ1) is 22.3. The molecular weight excluding hydrogens is 451 g/mol. The molecule has 26 heavy (non-hydrogen) atoms. The molecule has 0 fully saturated rings. The highest BCUT2D eigenvalue weighted by Crippen LogP contribution is 2.09. The van der Waals surface area contributed by atoms with Gasteiger partial charge in [-0.3, -0.25) is 9.67 Å². The molecule has 0 saturated carbocycles. The number of rotatable bonds is 7. The second-order valence-corrected chi connectivity index (χ2v) is 5.92. The van der Waals surface area contributed by atoms with E-state index in [0.29, 0.717) is 24.5 Å². The van der Waals surface area contributed by atoms with E-state index in [4.69, 9.17) is 0 Å². The minimum atomic E-state index is -0.428. The van der Waals surface area contributed by atoms with E-state index in [1.165, 1.54) is 6.07 Å². The summed E-state index contributed by atoms with van der Waals surface area (Å²) in [4.78, 5) is 4.13. The number of hydrogen-bond acceptors (Lipinski definition) is 2. The Labute approximate surface area is 170 Å². The van der Waals surface area contributed by atoms with E-state index in [1.807, 2.05) is 18.5 Å². The summed E-state index contributed by atoms with van der Waals surface area (Å²) in [5.74, 6) is -0.177. The number of benzene rings is 1. The molecule has 0 aliphatic rings. The van der Waals surface area contributed by atoms with Crippen LogP contribution in [-0.4, -0.2) is 35.9 Å². The fourth-order valence-electron chi connectivity index (χ4n) is 2.61. The fraction of sp³-hybridized carbons (Fsp3) is 0.444. The van der Waals surface area contributed by atoms with Crippen molar-refractivity contribution in [2.75, 3.05) is 20.1 Å². The Morgan fingerprint density at radius 1 is 1.15 bits per heavy atom. The number of aryl methyl sites for hydroxylation is 3. The largest absolute Gasteiger partial charge is 0.356 e. The first-order valence-corrected chi connectivity index (χ1v) is 8.39. The number of aliphatic imine (C=N–C) groups is 1. The van der Waals surface area contributed by atoms with Crippen LogP contribution in [0, 0.1) is 25.5 Å². The predicted molar refractivity (Wildman–Crippen MR) is 111 cm³/mol. The summed E-state index contributed by atoms with van der Waals surface area (Å²) < 4.78 is 28.7. The summed E-state index contributed by atoms with van der Waals surface area (Å²) >= 11 is 0. The van der Waals surface area contributed by atoms with Gasteiger partial charge in [0.25, 0.3) is 0 Å². The lowest BCUT2D eigenvalue weighted by atomic mass is 10.1. The quantitative estimate of drug-likeness (QED) is 0.279. The lowest BCUT2D eigenvalue weighted by molar-refractivity contribution is 0.555. The van der Waals surface area contributed by atoms with Gasteiger partial charge in [-0.15, -0.1) is 24.0 Å². The number of halogens is 3. The maximum absolute atomic E-state index is 13.6. The Bertz CT molecular complexity index is 730. The summed E-state index contributed by atoms with van der Waals surface area (Å²) in [6.07, 6.45) is 1.29. The van der Waals surface area contributed by atoms with Crippen molar-refractivity contribution in [3.05, 3.63) is 52.9 Å². The first-order valence-electron chi connectivity index (χ1n) is 8.39. The van der Waals surface area contributed by atoms with Crippen molar-refractivity contribution in [1.29, 1.82) is 0 Å². The molecule has 2 rings (SSSR count). The van der Waals surface area contributed by atoms with Gasteiger partial charge in [0, 0.05) is 32.4 Å². The average molecular weight is 477 g/mol. The summed E-state index contributed by atoms with van der Waals surface area (Å²) in [6, 6.07) is 5.55. The van der Waals surface area contributed by atoms with Crippen LogP contribution < -0.4 is 10.6 Å². The van der Waals surface area contributed by atoms with Crippen LogP contribution in [0.15, 0.2) is 29.3 Å². The van der Waals surface area contributed by atoms with Gasteiger partial charge in [0.05, 0.1) is 5.69 Å². The molecule has 0 aliphatic carbocycles. The molecule has 5 nitrogen and oxygen atoms in total. The molecule has 0 saturated heterocycles. The molecule has 1 aromatic heterocycles. The van der Waals surface area contributed by atoms with Gasteiger partial charge in [-0.05, 0) is 56.5 Å². The molecule has 0 radical (unpaired) electrons. The van der Waals surface area contributed by atoms with Gasteiger partial charge >= 0.3 is 0 Å². The molecule has 0 unspecified atom stereocenters. The van der Waals surface area contributed by atoms with Gasteiger partial charge in [0.15, 0.2) is 5.96 Å². The van der Waals surface area contributed by atoms with Gasteiger partial charge in [-0.25, -0.2) is 8.78 Å². The van der Waals surface area contributed by atoms with Crippen molar-refractivity contribution in [2.24, 2.45) is 4.99 Å². The highest BCUT2D eigenvalue weighted by atomic mass is 127. The zero-order valence-corrected chi connectivity index (χ0v) is 17.7. The predicted octanol–water partition coefficient (Wildman–Crippen LogP) is 3.19. The molecule has 0 bridgehead atoms. The molecule has 144 valence electrons. The van der Waals surface area contributed by atoms with Crippen LogP contribution in [0.1, 0.15) is 23.4 Å². The third-order valence-corrected chi connectivity index (χ3v) is 3.86. The van der Waals surface area contributed by atoms with Crippen LogP contribution in [0.25, 0.3) is 0 Å². The van der Waals surface area contributed by atoms with Gasteiger partial charge in [-0.2, -0.15) is 5.10 Å². The van der Waals surface area contributed by atoms with Crippen LogP contribution in [0.3, 0.4) is 0 Å². The van der Waals surface area contributed by atoms with E-state index in [1.54, 1.807) is 7.05 Å². The fourth-order valence-corrected chi connectivity index (χ4v) is 2.61. The number of aromatic nitrogens is 2. The zero-order chi connectivity index (χ0) is 18.2. The third kappa shape index (κ3) is 6.89. The molecule has 1 aromatic carbocycles.